The van der Waals surface area contributed by atoms with Crippen LogP contribution >= 0.6 is 0 Å². The molecule has 0 atom stereocenters. The van der Waals surface area contributed by atoms with Gasteiger partial charge in [0.15, 0.2) is 17.3 Å². The molecule has 0 saturated heterocycles. The molecule has 0 heterocycles. The summed E-state index contributed by atoms with van der Waals surface area (Å²) in [6.07, 6.45) is 3.17. The predicted octanol–water partition coefficient (Wildman–Crippen LogP) is 3.93. The number of aryl methyl sites for hydroxylation is 1. The Morgan fingerprint density at radius 2 is 1.52 bits per heavy atom. The Morgan fingerprint density at radius 1 is 0.840 bits per heavy atom. The summed E-state index contributed by atoms with van der Waals surface area (Å²) in [6, 6.07) is 9.03. The molecular weight excluding hydrogens is 320 g/mol. The Labute approximate surface area is 147 Å². The fraction of sp³-hybridized carbons (Fsp3) is 0.250. The third-order valence-electron chi connectivity index (χ3n) is 3.77. The summed E-state index contributed by atoms with van der Waals surface area (Å²) in [7, 11) is 6.18. The molecule has 0 N–H and O–H groups in total. The third kappa shape index (κ3) is 3.94. The van der Waals surface area contributed by atoms with Gasteiger partial charge >= 0.3 is 0 Å². The van der Waals surface area contributed by atoms with E-state index in [1.807, 2.05) is 19.1 Å². The van der Waals surface area contributed by atoms with Crippen molar-refractivity contribution < 1.29 is 23.7 Å². The van der Waals surface area contributed by atoms with Crippen LogP contribution in [0, 0.1) is 6.92 Å². The molecule has 2 rings (SSSR count). The number of allylic oxidation sites excluding steroid dienone is 1. The number of hydrogen-bond donors (Lipinski definition) is 0. The lowest BCUT2D eigenvalue weighted by molar-refractivity contribution is 0.104. The van der Waals surface area contributed by atoms with E-state index in [0.29, 0.717) is 34.1 Å². The summed E-state index contributed by atoms with van der Waals surface area (Å²) in [5.74, 6) is 1.93. The summed E-state index contributed by atoms with van der Waals surface area (Å²) in [6.45, 7) is 1.95. The molecule has 0 aliphatic heterocycles. The van der Waals surface area contributed by atoms with Crippen LogP contribution in [-0.2, 0) is 0 Å². The first-order valence-corrected chi connectivity index (χ1v) is 7.71. The number of methoxy groups -OCH3 is 4. The molecule has 0 radical (unpaired) electrons. The van der Waals surface area contributed by atoms with E-state index in [4.69, 9.17) is 18.9 Å². The van der Waals surface area contributed by atoms with E-state index in [2.05, 4.69) is 0 Å². The Hall–Kier alpha value is -2.95. The minimum atomic E-state index is -0.159. The number of carbonyl (C=O) groups is 1. The Kier molecular flexibility index (Phi) is 6.06. The second kappa shape index (κ2) is 8.24. The maximum atomic E-state index is 12.5. The molecule has 132 valence electrons. The largest absolute Gasteiger partial charge is 0.496 e. The minimum Gasteiger partial charge on any atom is -0.496 e. The molecule has 0 bridgehead atoms. The first-order valence-electron chi connectivity index (χ1n) is 7.71. The highest BCUT2D eigenvalue weighted by Gasteiger charge is 2.15. The van der Waals surface area contributed by atoms with Crippen molar-refractivity contribution in [2.45, 2.75) is 6.92 Å². The number of ketones is 1. The predicted molar refractivity (Wildman–Crippen MR) is 97.2 cm³/mol. The van der Waals surface area contributed by atoms with Gasteiger partial charge in [-0.05, 0) is 48.9 Å². The highest BCUT2D eigenvalue weighted by atomic mass is 16.5. The zero-order valence-electron chi connectivity index (χ0n) is 15.1. The van der Waals surface area contributed by atoms with E-state index in [9.17, 15) is 4.79 Å². The highest BCUT2D eigenvalue weighted by molar-refractivity contribution is 6.08. The average molecular weight is 342 g/mol. The normalized spacial score (nSPS) is 10.6. The van der Waals surface area contributed by atoms with Crippen molar-refractivity contribution in [2.24, 2.45) is 0 Å². The molecule has 0 unspecified atom stereocenters. The van der Waals surface area contributed by atoms with Crippen molar-refractivity contribution in [3.8, 4) is 23.0 Å². The number of hydrogen-bond acceptors (Lipinski definition) is 5. The van der Waals surface area contributed by atoms with Crippen LogP contribution < -0.4 is 18.9 Å². The number of carbonyl (C=O) groups excluding carboxylic acids is 1. The second-order valence-corrected chi connectivity index (χ2v) is 5.32. The van der Waals surface area contributed by atoms with Crippen LogP contribution in [0.5, 0.6) is 23.0 Å². The van der Waals surface area contributed by atoms with Gasteiger partial charge in [0.1, 0.15) is 5.75 Å². The van der Waals surface area contributed by atoms with E-state index >= 15 is 0 Å². The van der Waals surface area contributed by atoms with Gasteiger partial charge in [0.2, 0.25) is 5.75 Å². The van der Waals surface area contributed by atoms with E-state index < -0.39 is 0 Å². The van der Waals surface area contributed by atoms with Crippen LogP contribution in [0.4, 0.5) is 0 Å². The van der Waals surface area contributed by atoms with Crippen molar-refractivity contribution >= 4 is 11.9 Å². The smallest absolute Gasteiger partial charge is 0.203 e. The molecule has 0 amide bonds. The molecule has 2 aromatic rings. The van der Waals surface area contributed by atoms with Gasteiger partial charge < -0.3 is 18.9 Å². The Morgan fingerprint density at radius 3 is 2.12 bits per heavy atom. The van der Waals surface area contributed by atoms with E-state index in [1.165, 1.54) is 13.2 Å². The summed E-state index contributed by atoms with van der Waals surface area (Å²) in [5, 5.41) is 0. The molecule has 0 aliphatic carbocycles. The van der Waals surface area contributed by atoms with Crippen molar-refractivity contribution in [3.05, 3.63) is 53.1 Å². The van der Waals surface area contributed by atoms with E-state index in [1.54, 1.807) is 45.6 Å². The molecule has 0 aliphatic rings. The first-order chi connectivity index (χ1) is 12.0. The van der Waals surface area contributed by atoms with Gasteiger partial charge in [0.05, 0.1) is 34.0 Å². The molecule has 0 fully saturated rings. The van der Waals surface area contributed by atoms with E-state index in [0.717, 1.165) is 5.56 Å². The van der Waals surface area contributed by atoms with E-state index in [-0.39, 0.29) is 5.78 Å². The first kappa shape index (κ1) is 18.4. The maximum absolute atomic E-state index is 12.5. The van der Waals surface area contributed by atoms with Crippen molar-refractivity contribution in [3.63, 3.8) is 0 Å². The highest BCUT2D eigenvalue weighted by Crippen LogP contribution is 2.40. The van der Waals surface area contributed by atoms with Gasteiger partial charge in [-0.15, -0.1) is 0 Å². The molecule has 0 spiro atoms. The minimum absolute atomic E-state index is 0.159. The summed E-state index contributed by atoms with van der Waals surface area (Å²) in [5.41, 5.74) is 2.24. The van der Waals surface area contributed by atoms with Crippen molar-refractivity contribution in [2.75, 3.05) is 28.4 Å². The number of benzene rings is 2. The fourth-order valence-corrected chi connectivity index (χ4v) is 2.51. The lowest BCUT2D eigenvalue weighted by Crippen LogP contribution is -2.00. The van der Waals surface area contributed by atoms with Gasteiger partial charge in [-0.2, -0.15) is 0 Å². The quantitative estimate of drug-likeness (QED) is 0.564. The number of ether oxygens (including phenoxy) is 4. The molecule has 5 heteroatoms. The lowest BCUT2D eigenvalue weighted by Gasteiger charge is -2.14. The van der Waals surface area contributed by atoms with Crippen LogP contribution in [0.1, 0.15) is 21.5 Å². The molecule has 0 aromatic heterocycles. The van der Waals surface area contributed by atoms with Crippen LogP contribution in [-0.4, -0.2) is 34.2 Å². The van der Waals surface area contributed by atoms with Gasteiger partial charge in [-0.1, -0.05) is 6.07 Å². The topological polar surface area (TPSA) is 54.0 Å². The Bertz CT molecular complexity index is 793. The van der Waals surface area contributed by atoms with Crippen LogP contribution in [0.3, 0.4) is 0 Å². The van der Waals surface area contributed by atoms with Gasteiger partial charge in [0.25, 0.3) is 0 Å². The van der Waals surface area contributed by atoms with Crippen LogP contribution in [0.25, 0.3) is 6.08 Å². The molecular formula is C20H22O5. The summed E-state index contributed by atoms with van der Waals surface area (Å²) < 4.78 is 21.3. The monoisotopic (exact) mass is 342 g/mol. The SMILES string of the molecule is COc1cc(C)ccc1C(=O)C=Cc1ccc(OC)c(OC)c1OC. The Balaban J connectivity index is 2.38. The average Bonchev–Trinajstić information content (AvgIpc) is 2.64. The molecule has 0 saturated carbocycles. The van der Waals surface area contributed by atoms with Crippen LogP contribution in [0.2, 0.25) is 0 Å². The second-order valence-electron chi connectivity index (χ2n) is 5.32. The van der Waals surface area contributed by atoms with Gasteiger partial charge in [0, 0.05) is 5.56 Å². The maximum Gasteiger partial charge on any atom is 0.203 e. The standard InChI is InChI=1S/C20H22O5/c1-13-6-9-15(18(12-13)23-3)16(21)10-7-14-8-11-17(22-2)20(25-5)19(14)24-4/h6-12H,1-5H3. The van der Waals surface area contributed by atoms with Crippen molar-refractivity contribution in [1.29, 1.82) is 0 Å². The van der Waals surface area contributed by atoms with Gasteiger partial charge in [-0.3, -0.25) is 4.79 Å². The summed E-state index contributed by atoms with van der Waals surface area (Å²) >= 11 is 0. The zero-order valence-corrected chi connectivity index (χ0v) is 15.1. The number of rotatable bonds is 7. The van der Waals surface area contributed by atoms with Crippen LogP contribution in [0.15, 0.2) is 36.4 Å². The lowest BCUT2D eigenvalue weighted by atomic mass is 10.1. The van der Waals surface area contributed by atoms with Crippen molar-refractivity contribution in [1.82, 2.24) is 0 Å². The molecule has 5 nitrogen and oxygen atoms in total. The zero-order chi connectivity index (χ0) is 18.4. The molecule has 25 heavy (non-hydrogen) atoms. The summed E-state index contributed by atoms with van der Waals surface area (Å²) in [4.78, 5) is 12.5. The molecule has 2 aromatic carbocycles. The third-order valence-corrected chi connectivity index (χ3v) is 3.77. The fourth-order valence-electron chi connectivity index (χ4n) is 2.51. The van der Waals surface area contributed by atoms with Gasteiger partial charge in [-0.25, -0.2) is 0 Å².